The molecule has 0 bridgehead atoms. The van der Waals surface area contributed by atoms with Crippen LogP contribution in [0.2, 0.25) is 0 Å². The van der Waals surface area contributed by atoms with Crippen LogP contribution < -0.4 is 0 Å². The van der Waals surface area contributed by atoms with Crippen molar-refractivity contribution >= 4 is 26.6 Å². The van der Waals surface area contributed by atoms with Gasteiger partial charge in [-0.3, -0.25) is 4.79 Å². The van der Waals surface area contributed by atoms with Crippen LogP contribution in [0.5, 0.6) is 0 Å². The number of allylic oxidation sites excluding steroid dienone is 1. The average Bonchev–Trinajstić information content (AvgIpc) is 2.83. The lowest BCUT2D eigenvalue weighted by molar-refractivity contribution is 0.0831. The lowest BCUT2D eigenvalue weighted by Crippen LogP contribution is -2.48. The number of fused-ring (bicyclic) bond motifs is 2. The molecule has 0 N–H and O–H groups in total. The summed E-state index contributed by atoms with van der Waals surface area (Å²) < 4.78 is 28.5. The predicted molar refractivity (Wildman–Crippen MR) is 127 cm³/mol. The third kappa shape index (κ3) is 3.70. The summed E-state index contributed by atoms with van der Waals surface area (Å²) in [5.74, 6) is -0.218. The minimum absolute atomic E-state index is 0.0448. The summed E-state index contributed by atoms with van der Waals surface area (Å²) in [6.45, 7) is 2.54. The van der Waals surface area contributed by atoms with Crippen molar-refractivity contribution in [2.24, 2.45) is 11.8 Å². The fraction of sp³-hybridized carbons (Fsp3) is 0.296. The number of rotatable bonds is 4. The van der Waals surface area contributed by atoms with Crippen LogP contribution in [0.25, 0.3) is 10.8 Å². The van der Waals surface area contributed by atoms with E-state index in [0.29, 0.717) is 12.1 Å². The van der Waals surface area contributed by atoms with Crippen molar-refractivity contribution in [2.75, 3.05) is 13.1 Å². The van der Waals surface area contributed by atoms with Gasteiger partial charge >= 0.3 is 0 Å². The number of Topliss-reactive ketones (excluding diaryl/α,β-unsaturated/α-hetero) is 1. The van der Waals surface area contributed by atoms with Gasteiger partial charge in [-0.25, -0.2) is 8.42 Å². The highest BCUT2D eigenvalue weighted by atomic mass is 32.2. The molecule has 0 radical (unpaired) electrons. The van der Waals surface area contributed by atoms with Gasteiger partial charge in [0.1, 0.15) is 0 Å². The summed E-state index contributed by atoms with van der Waals surface area (Å²) in [4.78, 5) is 14.2. The molecule has 1 aliphatic carbocycles. The van der Waals surface area contributed by atoms with Crippen molar-refractivity contribution in [3.63, 3.8) is 0 Å². The van der Waals surface area contributed by atoms with E-state index in [1.54, 1.807) is 12.1 Å². The lowest BCUT2D eigenvalue weighted by atomic mass is 9.73. The Balaban J connectivity index is 1.55. The number of piperidine rings is 1. The highest BCUT2D eigenvalue weighted by Gasteiger charge is 2.42. The molecular formula is C27H27NO3S. The molecule has 1 fully saturated rings. The predicted octanol–water partition coefficient (Wildman–Crippen LogP) is 5.38. The van der Waals surface area contributed by atoms with Crippen LogP contribution in [0, 0.1) is 18.8 Å². The molecule has 2 aliphatic rings. The second kappa shape index (κ2) is 8.30. The fourth-order valence-electron chi connectivity index (χ4n) is 5.17. The van der Waals surface area contributed by atoms with E-state index in [0.717, 1.165) is 41.2 Å². The molecule has 2 atom stereocenters. The number of hydrogen-bond acceptors (Lipinski definition) is 3. The number of hydrogen-bond donors (Lipinski definition) is 0. The van der Waals surface area contributed by atoms with E-state index < -0.39 is 10.0 Å². The molecule has 0 saturated carbocycles. The van der Waals surface area contributed by atoms with Crippen LogP contribution >= 0.6 is 0 Å². The maximum Gasteiger partial charge on any atom is 0.243 e. The molecular weight excluding hydrogens is 418 g/mol. The molecule has 1 aliphatic heterocycles. The van der Waals surface area contributed by atoms with E-state index >= 15 is 0 Å². The number of nitrogens with zero attached hydrogens (tertiary/aromatic N) is 1. The molecule has 0 amide bonds. The summed E-state index contributed by atoms with van der Waals surface area (Å²) in [5.41, 5.74) is 2.80. The van der Waals surface area contributed by atoms with Gasteiger partial charge in [-0.05, 0) is 55.0 Å². The largest absolute Gasteiger partial charge is 0.294 e. The van der Waals surface area contributed by atoms with E-state index in [-0.39, 0.29) is 29.1 Å². The van der Waals surface area contributed by atoms with Gasteiger partial charge in [-0.15, -0.1) is 0 Å². The van der Waals surface area contributed by atoms with Gasteiger partial charge in [-0.2, -0.15) is 4.31 Å². The molecule has 0 spiro atoms. The van der Waals surface area contributed by atoms with Crippen LogP contribution in [-0.4, -0.2) is 31.6 Å². The van der Waals surface area contributed by atoms with Gasteiger partial charge in [0.2, 0.25) is 10.0 Å². The molecule has 3 aromatic rings. The van der Waals surface area contributed by atoms with E-state index in [2.05, 4.69) is 6.08 Å². The molecule has 32 heavy (non-hydrogen) atoms. The Hall–Kier alpha value is -2.76. The van der Waals surface area contributed by atoms with Crippen LogP contribution in [0.15, 0.2) is 83.3 Å². The topological polar surface area (TPSA) is 54.5 Å². The third-order valence-corrected chi connectivity index (χ3v) is 8.72. The van der Waals surface area contributed by atoms with Crippen molar-refractivity contribution in [3.8, 4) is 0 Å². The Bertz CT molecular complexity index is 1300. The first kappa shape index (κ1) is 21.1. The molecule has 3 aromatic carbocycles. The van der Waals surface area contributed by atoms with Crippen molar-refractivity contribution in [1.29, 1.82) is 0 Å². The second-order valence-corrected chi connectivity index (χ2v) is 10.9. The van der Waals surface area contributed by atoms with E-state index in [1.807, 2.05) is 61.5 Å². The number of carbonyl (C=O) groups excluding carboxylic acids is 1. The van der Waals surface area contributed by atoms with E-state index in [1.165, 1.54) is 4.31 Å². The van der Waals surface area contributed by atoms with Gasteiger partial charge in [-0.1, -0.05) is 71.8 Å². The molecule has 5 heteroatoms. The summed E-state index contributed by atoms with van der Waals surface area (Å²) >= 11 is 0. The molecule has 1 heterocycles. The zero-order valence-electron chi connectivity index (χ0n) is 18.2. The van der Waals surface area contributed by atoms with E-state index in [9.17, 15) is 13.2 Å². The molecule has 0 unspecified atom stereocenters. The Kier molecular flexibility index (Phi) is 5.48. The zero-order chi connectivity index (χ0) is 22.3. The van der Waals surface area contributed by atoms with Gasteiger partial charge in [0.05, 0.1) is 4.90 Å². The fourth-order valence-corrected chi connectivity index (χ4v) is 6.62. The van der Waals surface area contributed by atoms with Gasteiger partial charge in [0.25, 0.3) is 0 Å². The van der Waals surface area contributed by atoms with Crippen LogP contribution in [0.3, 0.4) is 0 Å². The summed E-state index contributed by atoms with van der Waals surface area (Å²) in [5, 5.41) is 1.96. The standard InChI is InChI=1S/C27H27NO3S/c1-19-13-15-22(16-14-19)32(30,31)28-17-21-8-3-5-11-24(21)26(18-28)27(29)25-12-6-9-20-7-2-4-10-23(20)25/h2,4,6-10,12-16,24,26H,3,5,11,17-18H2,1H3/t24-,26-/m0/s1. The molecule has 5 rings (SSSR count). The molecule has 0 aromatic heterocycles. The number of ketones is 1. The SMILES string of the molecule is Cc1ccc(S(=O)(=O)N2CC3=CCCC[C@@H]3[C@@H](C(=O)c3cccc4ccccc34)C2)cc1. The lowest BCUT2D eigenvalue weighted by Gasteiger charge is -2.41. The van der Waals surface area contributed by atoms with Gasteiger partial charge in [0.15, 0.2) is 5.78 Å². The van der Waals surface area contributed by atoms with Gasteiger partial charge < -0.3 is 0 Å². The summed E-state index contributed by atoms with van der Waals surface area (Å²) in [6.07, 6.45) is 5.08. The quantitative estimate of drug-likeness (QED) is 0.400. The van der Waals surface area contributed by atoms with Crippen molar-refractivity contribution < 1.29 is 13.2 Å². The Morgan fingerprint density at radius 3 is 2.53 bits per heavy atom. The number of carbonyl (C=O) groups is 1. The summed E-state index contributed by atoms with van der Waals surface area (Å²) in [7, 11) is -3.68. The molecule has 1 saturated heterocycles. The van der Waals surface area contributed by atoms with Crippen molar-refractivity contribution in [2.45, 2.75) is 31.1 Å². The van der Waals surface area contributed by atoms with Crippen LogP contribution in [0.1, 0.15) is 35.2 Å². The first-order chi connectivity index (χ1) is 15.4. The Morgan fingerprint density at radius 2 is 1.72 bits per heavy atom. The smallest absolute Gasteiger partial charge is 0.243 e. The Labute approximate surface area is 189 Å². The minimum atomic E-state index is -3.68. The zero-order valence-corrected chi connectivity index (χ0v) is 19.0. The highest BCUT2D eigenvalue weighted by molar-refractivity contribution is 7.89. The van der Waals surface area contributed by atoms with Crippen LogP contribution in [0.4, 0.5) is 0 Å². The maximum atomic E-state index is 13.9. The Morgan fingerprint density at radius 1 is 0.969 bits per heavy atom. The second-order valence-electron chi connectivity index (χ2n) is 8.92. The molecule has 4 nitrogen and oxygen atoms in total. The molecule has 164 valence electrons. The van der Waals surface area contributed by atoms with E-state index in [4.69, 9.17) is 0 Å². The third-order valence-electron chi connectivity index (χ3n) is 6.90. The summed E-state index contributed by atoms with van der Waals surface area (Å²) in [6, 6.07) is 20.7. The van der Waals surface area contributed by atoms with Gasteiger partial charge in [0, 0.05) is 24.6 Å². The first-order valence-electron chi connectivity index (χ1n) is 11.2. The average molecular weight is 446 g/mol. The monoisotopic (exact) mass is 445 g/mol. The first-order valence-corrected chi connectivity index (χ1v) is 12.7. The number of benzene rings is 3. The maximum absolute atomic E-state index is 13.9. The number of sulfonamides is 1. The van der Waals surface area contributed by atoms with Crippen molar-refractivity contribution in [1.82, 2.24) is 4.31 Å². The number of aryl methyl sites for hydroxylation is 1. The van der Waals surface area contributed by atoms with Crippen LogP contribution in [-0.2, 0) is 10.0 Å². The normalized spacial score (nSPS) is 21.7. The minimum Gasteiger partial charge on any atom is -0.294 e. The van der Waals surface area contributed by atoms with Crippen molar-refractivity contribution in [3.05, 3.63) is 89.5 Å². The highest BCUT2D eigenvalue weighted by Crippen LogP contribution is 2.40.